The zero-order chi connectivity index (χ0) is 25.7. The van der Waals surface area contributed by atoms with E-state index < -0.39 is 34.3 Å². The minimum absolute atomic E-state index is 0.00300. The van der Waals surface area contributed by atoms with Gasteiger partial charge in [0.25, 0.3) is 10.0 Å². The molecule has 0 radical (unpaired) electrons. The van der Waals surface area contributed by atoms with Gasteiger partial charge in [-0.3, -0.25) is 9.10 Å². The maximum Gasteiger partial charge on any atom is 0.264 e. The first-order valence-electron chi connectivity index (χ1n) is 11.2. The first-order chi connectivity index (χ1) is 17.3. The predicted molar refractivity (Wildman–Crippen MR) is 140 cm³/mol. The largest absolute Gasteiger partial charge is 0.344 e. The van der Waals surface area contributed by atoms with Crippen LogP contribution in [-0.2, 0) is 14.8 Å². The molecule has 0 aliphatic rings. The van der Waals surface area contributed by atoms with Gasteiger partial charge in [-0.15, -0.1) is 0 Å². The number of sulfonamides is 1. The number of aryl methyl sites for hydroxylation is 1. The van der Waals surface area contributed by atoms with Gasteiger partial charge >= 0.3 is 0 Å². The van der Waals surface area contributed by atoms with Gasteiger partial charge in [0.05, 0.1) is 21.6 Å². The van der Waals surface area contributed by atoms with Crippen molar-refractivity contribution in [2.24, 2.45) is 0 Å². The van der Waals surface area contributed by atoms with Gasteiger partial charge in [0.1, 0.15) is 12.4 Å². The molecule has 4 aromatic rings. The smallest absolute Gasteiger partial charge is 0.264 e. The van der Waals surface area contributed by atoms with E-state index in [2.05, 4.69) is 5.32 Å². The van der Waals surface area contributed by atoms with Gasteiger partial charge in [-0.2, -0.15) is 0 Å². The van der Waals surface area contributed by atoms with Crippen LogP contribution in [0.3, 0.4) is 0 Å². The second-order valence-electron chi connectivity index (χ2n) is 8.19. The van der Waals surface area contributed by atoms with Gasteiger partial charge in [0.15, 0.2) is 0 Å². The van der Waals surface area contributed by atoms with Crippen molar-refractivity contribution in [2.45, 2.75) is 17.9 Å². The fourth-order valence-corrected chi connectivity index (χ4v) is 5.52. The van der Waals surface area contributed by atoms with E-state index in [0.29, 0.717) is 0 Å². The number of carbonyl (C=O) groups is 1. The van der Waals surface area contributed by atoms with Gasteiger partial charge in [-0.1, -0.05) is 84.4 Å². The molecule has 0 aromatic heterocycles. The van der Waals surface area contributed by atoms with E-state index in [1.54, 1.807) is 18.2 Å². The molecule has 0 aliphatic heterocycles. The van der Waals surface area contributed by atoms with Crippen LogP contribution >= 0.6 is 11.6 Å². The molecule has 184 valence electrons. The van der Waals surface area contributed by atoms with Crippen LogP contribution in [0.15, 0.2) is 108 Å². The Hall–Kier alpha value is -3.68. The third-order valence-corrected chi connectivity index (χ3v) is 7.83. The number of carbonyl (C=O) groups excluding carboxylic acids is 1. The molecule has 4 aromatic carbocycles. The average molecular weight is 523 g/mol. The lowest BCUT2D eigenvalue weighted by atomic mass is 9.95. The van der Waals surface area contributed by atoms with Crippen LogP contribution in [0, 0.1) is 12.7 Å². The summed E-state index contributed by atoms with van der Waals surface area (Å²) in [5.74, 6) is -1.22. The van der Waals surface area contributed by atoms with Crippen molar-refractivity contribution in [3.05, 3.63) is 131 Å². The number of rotatable bonds is 8. The molecule has 0 fully saturated rings. The summed E-state index contributed by atoms with van der Waals surface area (Å²) in [4.78, 5) is 13.4. The van der Waals surface area contributed by atoms with Crippen molar-refractivity contribution in [3.8, 4) is 0 Å². The van der Waals surface area contributed by atoms with Gasteiger partial charge in [-0.25, -0.2) is 12.8 Å². The van der Waals surface area contributed by atoms with Crippen molar-refractivity contribution in [1.82, 2.24) is 5.32 Å². The zero-order valence-corrected chi connectivity index (χ0v) is 21.0. The molecule has 8 heteroatoms. The second kappa shape index (κ2) is 10.9. The van der Waals surface area contributed by atoms with Crippen molar-refractivity contribution in [3.63, 3.8) is 0 Å². The summed E-state index contributed by atoms with van der Waals surface area (Å²) in [5, 5.41) is 2.74. The van der Waals surface area contributed by atoms with Crippen molar-refractivity contribution in [1.29, 1.82) is 0 Å². The number of hydrogen-bond donors (Lipinski definition) is 1. The van der Waals surface area contributed by atoms with Gasteiger partial charge in [-0.05, 0) is 53.9 Å². The molecular weight excluding hydrogens is 499 g/mol. The summed E-state index contributed by atoms with van der Waals surface area (Å²) < 4.78 is 41.9. The number of halogens is 2. The molecule has 0 heterocycles. The molecule has 0 spiro atoms. The highest BCUT2D eigenvalue weighted by molar-refractivity contribution is 7.92. The normalized spacial score (nSPS) is 12.1. The Morgan fingerprint density at radius 3 is 2.17 bits per heavy atom. The van der Waals surface area contributed by atoms with E-state index in [1.807, 2.05) is 61.5 Å². The van der Waals surface area contributed by atoms with Crippen molar-refractivity contribution < 1.29 is 17.6 Å². The Morgan fingerprint density at radius 1 is 0.917 bits per heavy atom. The highest BCUT2D eigenvalue weighted by atomic mass is 35.5. The Balaban J connectivity index is 1.71. The number of nitrogens with one attached hydrogen (secondary N) is 1. The van der Waals surface area contributed by atoms with E-state index in [-0.39, 0.29) is 15.6 Å². The molecule has 5 nitrogen and oxygen atoms in total. The summed E-state index contributed by atoms with van der Waals surface area (Å²) in [6, 6.07) is 27.9. The lowest BCUT2D eigenvalue weighted by Gasteiger charge is -2.27. The molecule has 36 heavy (non-hydrogen) atoms. The molecule has 1 unspecified atom stereocenters. The molecule has 1 atom stereocenters. The minimum atomic E-state index is -4.16. The van der Waals surface area contributed by atoms with Gasteiger partial charge in [0, 0.05) is 0 Å². The molecule has 1 N–H and O–H groups in total. The highest BCUT2D eigenvalue weighted by Crippen LogP contribution is 2.29. The highest BCUT2D eigenvalue weighted by Gasteiger charge is 2.29. The topological polar surface area (TPSA) is 66.5 Å². The van der Waals surface area contributed by atoms with E-state index in [4.69, 9.17) is 11.6 Å². The fourth-order valence-electron chi connectivity index (χ4n) is 3.91. The van der Waals surface area contributed by atoms with Gasteiger partial charge < -0.3 is 5.32 Å². The summed E-state index contributed by atoms with van der Waals surface area (Å²) in [5.41, 5.74) is 2.79. The number of amides is 1. The molecule has 1 amide bonds. The van der Waals surface area contributed by atoms with Crippen LogP contribution in [-0.4, -0.2) is 20.9 Å². The van der Waals surface area contributed by atoms with E-state index >= 15 is 0 Å². The maximum atomic E-state index is 13.9. The number of anilines is 1. The lowest BCUT2D eigenvalue weighted by molar-refractivity contribution is -0.120. The standard InChI is InChI=1S/C28H24ClFN2O3S/c1-20-10-8-9-15-24(20)28(21-11-4-2-5-12-21)31-27(33)19-32(22-16-17-26(30)25(29)18-22)36(34,35)23-13-6-3-7-14-23/h2-18,28H,19H2,1H3,(H,31,33). The molecular formula is C28H24ClFN2O3S. The van der Waals surface area contributed by atoms with Gasteiger partial charge in [0.2, 0.25) is 5.91 Å². The van der Waals surface area contributed by atoms with Crippen LogP contribution in [0.2, 0.25) is 5.02 Å². The summed E-state index contributed by atoms with van der Waals surface area (Å²) in [7, 11) is -4.16. The zero-order valence-electron chi connectivity index (χ0n) is 19.4. The average Bonchev–Trinajstić information content (AvgIpc) is 2.89. The van der Waals surface area contributed by atoms with E-state index in [0.717, 1.165) is 27.1 Å². The molecule has 0 bridgehead atoms. The van der Waals surface area contributed by atoms with Crippen LogP contribution in [0.4, 0.5) is 10.1 Å². The maximum absolute atomic E-state index is 13.9. The second-order valence-corrected chi connectivity index (χ2v) is 10.5. The molecule has 0 saturated carbocycles. The number of benzene rings is 4. The van der Waals surface area contributed by atoms with Crippen molar-refractivity contribution >= 4 is 33.2 Å². The summed E-state index contributed by atoms with van der Waals surface area (Å²) in [6.45, 7) is 1.42. The monoisotopic (exact) mass is 522 g/mol. The van der Waals surface area contributed by atoms with Crippen LogP contribution in [0.1, 0.15) is 22.7 Å². The first-order valence-corrected chi connectivity index (χ1v) is 13.0. The van der Waals surface area contributed by atoms with Crippen LogP contribution in [0.25, 0.3) is 0 Å². The Morgan fingerprint density at radius 2 is 1.53 bits per heavy atom. The lowest BCUT2D eigenvalue weighted by Crippen LogP contribution is -2.42. The Kier molecular flexibility index (Phi) is 7.72. The van der Waals surface area contributed by atoms with Crippen LogP contribution in [0.5, 0.6) is 0 Å². The third kappa shape index (κ3) is 5.58. The van der Waals surface area contributed by atoms with Crippen LogP contribution < -0.4 is 9.62 Å². The predicted octanol–water partition coefficient (Wildman–Crippen LogP) is 5.89. The van der Waals surface area contributed by atoms with E-state index in [9.17, 15) is 17.6 Å². The first kappa shape index (κ1) is 25.4. The SMILES string of the molecule is Cc1ccccc1C(NC(=O)CN(c1ccc(F)c(Cl)c1)S(=O)(=O)c1ccccc1)c1ccccc1. The minimum Gasteiger partial charge on any atom is -0.344 e. The quantitative estimate of drug-likeness (QED) is 0.314. The number of nitrogens with zero attached hydrogens (tertiary/aromatic N) is 1. The van der Waals surface area contributed by atoms with E-state index in [1.165, 1.54) is 24.3 Å². The molecule has 0 aliphatic carbocycles. The Labute approximate surface area is 215 Å². The number of hydrogen-bond acceptors (Lipinski definition) is 3. The Bertz CT molecular complexity index is 1460. The summed E-state index contributed by atoms with van der Waals surface area (Å²) >= 11 is 5.96. The third-order valence-electron chi connectivity index (χ3n) is 5.75. The van der Waals surface area contributed by atoms with Crippen molar-refractivity contribution in [2.75, 3.05) is 10.8 Å². The fraction of sp³-hybridized carbons (Fsp3) is 0.107. The molecule has 4 rings (SSSR count). The molecule has 0 saturated heterocycles. The summed E-state index contributed by atoms with van der Waals surface area (Å²) in [6.07, 6.45) is 0.